The average molecular weight is 355 g/mol. The zero-order valence-corrected chi connectivity index (χ0v) is 15.3. The second-order valence-electron chi connectivity index (χ2n) is 6.86. The van der Waals surface area contributed by atoms with Crippen molar-refractivity contribution in [1.29, 1.82) is 0 Å². The molecule has 0 spiro atoms. The molecule has 1 atom stereocenters. The van der Waals surface area contributed by atoms with Crippen molar-refractivity contribution in [2.45, 2.75) is 39.5 Å². The fraction of sp³-hybridized carbons (Fsp3) is 0.421. The van der Waals surface area contributed by atoms with Gasteiger partial charge < -0.3 is 10.2 Å². The number of fused-ring (bicyclic) bond motifs is 1. The van der Waals surface area contributed by atoms with Crippen molar-refractivity contribution in [2.24, 2.45) is 5.92 Å². The smallest absolute Gasteiger partial charge is 0.231 e. The second kappa shape index (κ2) is 6.26. The maximum Gasteiger partial charge on any atom is 0.231 e. The van der Waals surface area contributed by atoms with E-state index in [2.05, 4.69) is 22.4 Å². The summed E-state index contributed by atoms with van der Waals surface area (Å²) in [5.74, 6) is -0.430. The van der Waals surface area contributed by atoms with Crippen LogP contribution < -0.4 is 10.2 Å². The Hall–Kier alpha value is -2.21. The molecular formula is C19H21N3O2S. The van der Waals surface area contributed by atoms with Crippen LogP contribution in [-0.2, 0) is 22.4 Å². The fourth-order valence-electron chi connectivity index (χ4n) is 3.59. The lowest BCUT2D eigenvalue weighted by molar-refractivity contribution is -0.122. The lowest BCUT2D eigenvalue weighted by Gasteiger charge is -2.17. The van der Waals surface area contributed by atoms with Crippen molar-refractivity contribution < 1.29 is 9.59 Å². The summed E-state index contributed by atoms with van der Waals surface area (Å²) in [6.45, 7) is 4.35. The van der Waals surface area contributed by atoms with Crippen molar-refractivity contribution >= 4 is 34.0 Å². The number of nitrogens with one attached hydrogen (secondary N) is 1. The molecular weight excluding hydrogens is 334 g/mol. The summed E-state index contributed by atoms with van der Waals surface area (Å²) >= 11 is 1.47. The molecule has 1 fully saturated rings. The lowest BCUT2D eigenvalue weighted by Crippen LogP contribution is -2.28. The van der Waals surface area contributed by atoms with Crippen LogP contribution in [0.3, 0.4) is 0 Å². The van der Waals surface area contributed by atoms with Gasteiger partial charge in [0.15, 0.2) is 5.13 Å². The maximum absolute atomic E-state index is 12.5. The van der Waals surface area contributed by atoms with Crippen molar-refractivity contribution in [2.75, 3.05) is 16.8 Å². The molecule has 2 heterocycles. The summed E-state index contributed by atoms with van der Waals surface area (Å²) in [6, 6.07) is 6.25. The topological polar surface area (TPSA) is 62.3 Å². The monoisotopic (exact) mass is 355 g/mol. The van der Waals surface area contributed by atoms with E-state index in [-0.39, 0.29) is 24.2 Å². The highest BCUT2D eigenvalue weighted by Gasteiger charge is 2.35. The van der Waals surface area contributed by atoms with E-state index in [1.54, 1.807) is 4.90 Å². The summed E-state index contributed by atoms with van der Waals surface area (Å²) in [5.41, 5.74) is 4.58. The van der Waals surface area contributed by atoms with Gasteiger partial charge in [0.05, 0.1) is 11.6 Å². The summed E-state index contributed by atoms with van der Waals surface area (Å²) < 4.78 is 0. The van der Waals surface area contributed by atoms with Crippen LogP contribution in [0.5, 0.6) is 0 Å². The molecule has 0 saturated carbocycles. The normalized spacial score (nSPS) is 19.4. The van der Waals surface area contributed by atoms with Crippen LogP contribution in [0.15, 0.2) is 18.2 Å². The first-order valence-corrected chi connectivity index (χ1v) is 9.50. The third-order valence-corrected chi connectivity index (χ3v) is 6.14. The van der Waals surface area contributed by atoms with Gasteiger partial charge in [-0.15, -0.1) is 11.3 Å². The molecule has 130 valence electrons. The Morgan fingerprint density at radius 2 is 2.08 bits per heavy atom. The van der Waals surface area contributed by atoms with E-state index in [1.165, 1.54) is 28.9 Å². The van der Waals surface area contributed by atoms with Crippen molar-refractivity contribution in [3.05, 3.63) is 39.9 Å². The van der Waals surface area contributed by atoms with Gasteiger partial charge in [-0.2, -0.15) is 0 Å². The largest absolute Gasteiger partial charge is 0.312 e. The minimum absolute atomic E-state index is 0.0181. The van der Waals surface area contributed by atoms with Crippen molar-refractivity contribution in [3.8, 4) is 0 Å². The first-order valence-electron chi connectivity index (χ1n) is 8.68. The van der Waals surface area contributed by atoms with Gasteiger partial charge in [0.25, 0.3) is 0 Å². The summed E-state index contributed by atoms with van der Waals surface area (Å²) in [5, 5.41) is 3.48. The van der Waals surface area contributed by atoms with Gasteiger partial charge in [-0.3, -0.25) is 9.59 Å². The predicted octanol–water partition coefficient (Wildman–Crippen LogP) is 3.24. The number of thiazole rings is 1. The van der Waals surface area contributed by atoms with E-state index >= 15 is 0 Å². The third kappa shape index (κ3) is 3.06. The molecule has 1 N–H and O–H groups in total. The van der Waals surface area contributed by atoms with Gasteiger partial charge in [0, 0.05) is 23.5 Å². The lowest BCUT2D eigenvalue weighted by atomic mass is 10.1. The van der Waals surface area contributed by atoms with Crippen LogP contribution in [0.1, 0.15) is 34.5 Å². The summed E-state index contributed by atoms with van der Waals surface area (Å²) in [6.07, 6.45) is 3.65. The number of carbonyl (C=O) groups excluding carboxylic acids is 2. The maximum atomic E-state index is 12.5. The molecule has 1 aliphatic heterocycles. The standard InChI is InChI=1S/C19H21N3O2S/c1-11-12(2)25-19(20-11)21-18(24)15-9-17(23)22(10-15)16-7-6-13-4-3-5-14(13)8-16/h6-8,15H,3-5,9-10H2,1-2H3,(H,20,21,24)/t15-/m0/s1. The highest BCUT2D eigenvalue weighted by Crippen LogP contribution is 2.31. The van der Waals surface area contributed by atoms with Crippen LogP contribution in [0.4, 0.5) is 10.8 Å². The zero-order chi connectivity index (χ0) is 17.6. The first kappa shape index (κ1) is 16.3. The molecule has 2 aromatic rings. The van der Waals surface area contributed by atoms with Crippen molar-refractivity contribution in [1.82, 2.24) is 4.98 Å². The van der Waals surface area contributed by atoms with Gasteiger partial charge >= 0.3 is 0 Å². The number of nitrogens with zero attached hydrogens (tertiary/aromatic N) is 2. The average Bonchev–Trinajstić information content (AvgIpc) is 3.26. The molecule has 2 aliphatic rings. The van der Waals surface area contributed by atoms with E-state index < -0.39 is 0 Å². The number of benzene rings is 1. The Morgan fingerprint density at radius 3 is 2.84 bits per heavy atom. The highest BCUT2D eigenvalue weighted by atomic mass is 32.1. The molecule has 2 amide bonds. The number of hydrogen-bond donors (Lipinski definition) is 1. The van der Waals surface area contributed by atoms with Crippen LogP contribution >= 0.6 is 11.3 Å². The Kier molecular flexibility index (Phi) is 4.07. The van der Waals surface area contributed by atoms with Crippen molar-refractivity contribution in [3.63, 3.8) is 0 Å². The first-order chi connectivity index (χ1) is 12.0. The molecule has 5 nitrogen and oxygen atoms in total. The predicted molar refractivity (Wildman–Crippen MR) is 99.1 cm³/mol. The number of carbonyl (C=O) groups is 2. The van der Waals surface area contributed by atoms with Crippen LogP contribution in [0.2, 0.25) is 0 Å². The molecule has 6 heteroatoms. The summed E-state index contributed by atoms with van der Waals surface area (Å²) in [4.78, 5) is 32.1. The van der Waals surface area contributed by atoms with Crippen LogP contribution in [0.25, 0.3) is 0 Å². The summed E-state index contributed by atoms with van der Waals surface area (Å²) in [7, 11) is 0. The van der Waals surface area contributed by atoms with Crippen LogP contribution in [0, 0.1) is 19.8 Å². The van der Waals surface area contributed by atoms with E-state index in [0.717, 1.165) is 29.1 Å². The van der Waals surface area contributed by atoms with Gasteiger partial charge in [0.1, 0.15) is 0 Å². The molecule has 1 aromatic carbocycles. The van der Waals surface area contributed by atoms with E-state index in [9.17, 15) is 9.59 Å². The Morgan fingerprint density at radius 1 is 1.28 bits per heavy atom. The molecule has 0 bridgehead atoms. The number of rotatable bonds is 3. The minimum atomic E-state index is -0.328. The SMILES string of the molecule is Cc1nc(NC(=O)[C@H]2CC(=O)N(c3ccc4c(c3)CCC4)C2)sc1C. The third-order valence-electron chi connectivity index (χ3n) is 5.15. The fourth-order valence-corrected chi connectivity index (χ4v) is 4.41. The quantitative estimate of drug-likeness (QED) is 0.919. The number of aromatic nitrogens is 1. The van der Waals surface area contributed by atoms with Gasteiger partial charge in [-0.25, -0.2) is 4.98 Å². The molecule has 0 radical (unpaired) electrons. The molecule has 1 aliphatic carbocycles. The van der Waals surface area contributed by atoms with E-state index in [0.29, 0.717) is 11.7 Å². The molecule has 1 saturated heterocycles. The molecule has 25 heavy (non-hydrogen) atoms. The number of anilines is 2. The van der Waals surface area contributed by atoms with Gasteiger partial charge in [-0.1, -0.05) is 6.07 Å². The number of aryl methyl sites for hydroxylation is 4. The zero-order valence-electron chi connectivity index (χ0n) is 14.5. The molecule has 4 rings (SSSR count). The van der Waals surface area contributed by atoms with Gasteiger partial charge in [-0.05, 0) is 56.4 Å². The second-order valence-corrected chi connectivity index (χ2v) is 8.07. The molecule has 0 unspecified atom stereocenters. The highest BCUT2D eigenvalue weighted by molar-refractivity contribution is 7.15. The van der Waals surface area contributed by atoms with E-state index in [4.69, 9.17) is 0 Å². The van der Waals surface area contributed by atoms with Gasteiger partial charge in [0.2, 0.25) is 11.8 Å². The Bertz CT molecular complexity index is 839. The number of hydrogen-bond acceptors (Lipinski definition) is 4. The van der Waals surface area contributed by atoms with E-state index in [1.807, 2.05) is 19.9 Å². The minimum Gasteiger partial charge on any atom is -0.312 e. The number of amides is 2. The Balaban J connectivity index is 1.47. The van der Waals surface area contributed by atoms with Crippen LogP contribution in [-0.4, -0.2) is 23.3 Å². The Labute approximate surface area is 151 Å². The molecule has 1 aromatic heterocycles.